The van der Waals surface area contributed by atoms with Gasteiger partial charge in [0.05, 0.1) is 51.4 Å². The highest BCUT2D eigenvalue weighted by Gasteiger charge is 2.79. The number of allylic oxidation sites excluding steroid dienone is 4. The van der Waals surface area contributed by atoms with Gasteiger partial charge in [0.15, 0.2) is 0 Å². The summed E-state index contributed by atoms with van der Waals surface area (Å²) in [7, 11) is 5.36. The average Bonchev–Trinajstić information content (AvgIpc) is 3.07. The van der Waals surface area contributed by atoms with Crippen molar-refractivity contribution in [2.24, 2.45) is 58.2 Å². The van der Waals surface area contributed by atoms with E-state index in [-0.39, 0.29) is 35.5 Å². The first kappa shape index (κ1) is 30.2. The standard InChI is InChI=1S/C38H38O8/c1-37-27(19-13-9-7-10-14-19)28(20-15-11-8-12-16-20)38(2,32(36(42)46-6)31(37)35(41)45-5)30-24-22-18-17-21(23(24)29(30)37)25(33(39)43-3)26(22)34(40)44-4/h7-18,21-26,29-30H,1-6H3/t21-,22-,23-,24-,25-,26+,29-,30+,37+,38+/m1/s1. The predicted molar refractivity (Wildman–Crippen MR) is 168 cm³/mol. The highest BCUT2D eigenvalue weighted by molar-refractivity contribution is 6.14. The molecule has 2 fully saturated rings. The van der Waals surface area contributed by atoms with Gasteiger partial charge in [-0.15, -0.1) is 0 Å². The minimum Gasteiger partial charge on any atom is -0.469 e. The van der Waals surface area contributed by atoms with Crippen LogP contribution in [0.5, 0.6) is 0 Å². The highest BCUT2D eigenvalue weighted by atomic mass is 16.5. The average molecular weight is 623 g/mol. The highest BCUT2D eigenvalue weighted by Crippen LogP contribution is 2.83. The molecular formula is C38H38O8. The van der Waals surface area contributed by atoms with E-state index in [1.54, 1.807) is 0 Å². The summed E-state index contributed by atoms with van der Waals surface area (Å²) in [6.45, 7) is 4.11. The molecule has 0 saturated heterocycles. The van der Waals surface area contributed by atoms with Gasteiger partial charge in [-0.1, -0.05) is 86.7 Å². The van der Waals surface area contributed by atoms with E-state index < -0.39 is 46.5 Å². The first-order valence-corrected chi connectivity index (χ1v) is 15.7. The van der Waals surface area contributed by atoms with Crippen LogP contribution >= 0.6 is 0 Å². The van der Waals surface area contributed by atoms with E-state index in [9.17, 15) is 19.2 Å². The maximum Gasteiger partial charge on any atom is 0.335 e. The Kier molecular flexibility index (Phi) is 6.92. The molecule has 2 aromatic carbocycles. The van der Waals surface area contributed by atoms with Gasteiger partial charge in [0, 0.05) is 10.8 Å². The Morgan fingerprint density at radius 1 is 0.543 bits per heavy atom. The lowest BCUT2D eigenvalue weighted by molar-refractivity contribution is -0.222. The van der Waals surface area contributed by atoms with E-state index in [1.165, 1.54) is 28.4 Å². The zero-order chi connectivity index (χ0) is 32.7. The number of hydrogen-bond acceptors (Lipinski definition) is 8. The van der Waals surface area contributed by atoms with Crippen molar-refractivity contribution >= 4 is 35.0 Å². The summed E-state index contributed by atoms with van der Waals surface area (Å²) in [5.74, 6) is -4.66. The van der Waals surface area contributed by atoms with Gasteiger partial charge in [-0.2, -0.15) is 0 Å². The first-order chi connectivity index (χ1) is 22.1. The first-order valence-electron chi connectivity index (χ1n) is 15.7. The fourth-order valence-electron chi connectivity index (χ4n) is 10.8. The second-order valence-electron chi connectivity index (χ2n) is 13.5. The number of fused-ring (bicyclic) bond motifs is 1. The fraction of sp³-hybridized carbons (Fsp3) is 0.421. The fourth-order valence-corrected chi connectivity index (χ4v) is 10.8. The number of ether oxygens (including phenoxy) is 4. The van der Waals surface area contributed by atoms with Crippen LogP contribution in [0.25, 0.3) is 11.1 Å². The molecule has 10 atom stereocenters. The summed E-state index contributed by atoms with van der Waals surface area (Å²) in [6.07, 6.45) is 4.12. The Balaban J connectivity index is 1.59. The van der Waals surface area contributed by atoms with Crippen LogP contribution < -0.4 is 0 Å². The lowest BCUT2D eigenvalue weighted by Gasteiger charge is -2.76. The van der Waals surface area contributed by atoms with Crippen LogP contribution in [0.3, 0.4) is 0 Å². The van der Waals surface area contributed by atoms with Crippen molar-refractivity contribution in [1.29, 1.82) is 0 Å². The molecule has 9 rings (SSSR count). The van der Waals surface area contributed by atoms with Crippen LogP contribution in [-0.2, 0) is 38.1 Å². The van der Waals surface area contributed by atoms with E-state index in [0.29, 0.717) is 11.1 Å². The second kappa shape index (κ2) is 10.5. The van der Waals surface area contributed by atoms with Crippen molar-refractivity contribution in [3.63, 3.8) is 0 Å². The summed E-state index contributed by atoms with van der Waals surface area (Å²) in [5, 5.41) is 0. The Morgan fingerprint density at radius 3 is 1.20 bits per heavy atom. The largest absolute Gasteiger partial charge is 0.469 e. The van der Waals surface area contributed by atoms with Gasteiger partial charge in [-0.05, 0) is 57.8 Å². The van der Waals surface area contributed by atoms with Crippen LogP contribution in [0, 0.1) is 58.2 Å². The quantitative estimate of drug-likeness (QED) is 0.248. The maximum absolute atomic E-state index is 14.1. The monoisotopic (exact) mass is 622 g/mol. The molecule has 0 heterocycles. The molecule has 0 aromatic heterocycles. The molecular weight excluding hydrogens is 584 g/mol. The van der Waals surface area contributed by atoms with Gasteiger partial charge >= 0.3 is 23.9 Å². The number of hydrogen-bond donors (Lipinski definition) is 0. The normalized spacial score (nSPS) is 36.3. The molecule has 46 heavy (non-hydrogen) atoms. The third-order valence-corrected chi connectivity index (χ3v) is 12.1. The summed E-state index contributed by atoms with van der Waals surface area (Å²) >= 11 is 0. The van der Waals surface area contributed by atoms with Crippen molar-refractivity contribution in [2.75, 3.05) is 28.4 Å². The number of benzene rings is 2. The van der Waals surface area contributed by atoms with Crippen LogP contribution in [0.15, 0.2) is 84.0 Å². The van der Waals surface area contributed by atoms with E-state index in [0.717, 1.165) is 22.3 Å². The topological polar surface area (TPSA) is 105 Å². The third kappa shape index (κ3) is 3.55. The third-order valence-electron chi connectivity index (χ3n) is 12.1. The van der Waals surface area contributed by atoms with Crippen LogP contribution in [0.4, 0.5) is 0 Å². The summed E-state index contributed by atoms with van der Waals surface area (Å²) in [5.41, 5.74) is 2.36. The van der Waals surface area contributed by atoms with Gasteiger partial charge in [-0.3, -0.25) is 9.59 Å². The summed E-state index contributed by atoms with van der Waals surface area (Å²) in [4.78, 5) is 55.0. The lowest BCUT2D eigenvalue weighted by Crippen LogP contribution is -2.74. The SMILES string of the molecule is COC(=O)C1=C(C(=O)OC)[C@@]2(C)C(c3ccccc3)=C(c3ccccc3)[C@@]1(C)[C@@H]1[C@@H]3[C@H]4C=C[C@@H]([C@H](C(=O)OC)[C@@H]4C(=O)OC)[C@H]3[C@@H]12. The summed E-state index contributed by atoms with van der Waals surface area (Å²) < 4.78 is 21.5. The molecule has 0 radical (unpaired) electrons. The Labute approximate surface area is 268 Å². The molecule has 8 heteroatoms. The Bertz CT molecular complexity index is 1610. The zero-order valence-electron chi connectivity index (χ0n) is 26.8. The molecule has 7 aliphatic rings. The van der Waals surface area contributed by atoms with Crippen molar-refractivity contribution < 1.29 is 38.1 Å². The molecule has 8 nitrogen and oxygen atoms in total. The minimum absolute atomic E-state index is 0.0794. The van der Waals surface area contributed by atoms with Crippen LogP contribution in [0.1, 0.15) is 25.0 Å². The van der Waals surface area contributed by atoms with E-state index in [4.69, 9.17) is 18.9 Å². The van der Waals surface area contributed by atoms with Crippen LogP contribution in [0.2, 0.25) is 0 Å². The number of esters is 4. The Morgan fingerprint density at radius 2 is 0.891 bits per heavy atom. The molecule has 2 aromatic rings. The van der Waals surface area contributed by atoms with E-state index in [1.807, 2.05) is 60.7 Å². The minimum atomic E-state index is -1.01. The molecule has 4 bridgehead atoms. The van der Waals surface area contributed by atoms with Crippen molar-refractivity contribution in [3.8, 4) is 0 Å². The molecule has 2 saturated carbocycles. The van der Waals surface area contributed by atoms with Crippen LogP contribution in [-0.4, -0.2) is 52.3 Å². The van der Waals surface area contributed by atoms with E-state index >= 15 is 0 Å². The number of rotatable bonds is 6. The zero-order valence-corrected chi connectivity index (χ0v) is 26.8. The molecule has 0 amide bonds. The molecule has 0 aliphatic heterocycles. The second-order valence-corrected chi connectivity index (χ2v) is 13.5. The molecule has 0 spiro atoms. The molecule has 0 unspecified atom stereocenters. The molecule has 0 N–H and O–H groups in total. The van der Waals surface area contributed by atoms with Gasteiger partial charge in [0.2, 0.25) is 0 Å². The number of carbonyl (C=O) groups excluding carboxylic acids is 4. The Hall–Kier alpha value is -4.46. The number of methoxy groups -OCH3 is 4. The smallest absolute Gasteiger partial charge is 0.335 e. The van der Waals surface area contributed by atoms with Gasteiger partial charge in [0.25, 0.3) is 0 Å². The predicted octanol–water partition coefficient (Wildman–Crippen LogP) is 5.15. The number of carbonyl (C=O) groups is 4. The van der Waals surface area contributed by atoms with Crippen molar-refractivity contribution in [1.82, 2.24) is 0 Å². The molecule has 7 aliphatic carbocycles. The van der Waals surface area contributed by atoms with Gasteiger partial charge in [0.1, 0.15) is 0 Å². The van der Waals surface area contributed by atoms with Gasteiger partial charge in [-0.25, -0.2) is 9.59 Å². The molecule has 238 valence electrons. The summed E-state index contributed by atoms with van der Waals surface area (Å²) in [6, 6.07) is 20.0. The maximum atomic E-state index is 14.1. The van der Waals surface area contributed by atoms with Crippen molar-refractivity contribution in [3.05, 3.63) is 95.1 Å². The van der Waals surface area contributed by atoms with E-state index in [2.05, 4.69) is 26.0 Å². The van der Waals surface area contributed by atoms with Gasteiger partial charge < -0.3 is 18.9 Å². The lowest BCUT2D eigenvalue weighted by atomic mass is 9.25. The van der Waals surface area contributed by atoms with Crippen molar-refractivity contribution in [2.45, 2.75) is 13.8 Å².